The van der Waals surface area contributed by atoms with Gasteiger partial charge in [-0.25, -0.2) is 0 Å². The highest BCUT2D eigenvalue weighted by atomic mass is 16.5. The minimum atomic E-state index is -0.475. The summed E-state index contributed by atoms with van der Waals surface area (Å²) in [5, 5.41) is 38.6. The van der Waals surface area contributed by atoms with Crippen molar-refractivity contribution in [1.82, 2.24) is 34.8 Å². The number of ether oxygens (including phenoxy) is 1. The van der Waals surface area contributed by atoms with Crippen molar-refractivity contribution in [1.29, 1.82) is 5.26 Å². The van der Waals surface area contributed by atoms with Crippen LogP contribution < -0.4 is 20.3 Å². The number of aliphatic hydroxyl groups excluding tert-OH is 1. The maximum atomic E-state index is 13.4. The van der Waals surface area contributed by atoms with E-state index >= 15 is 0 Å². The van der Waals surface area contributed by atoms with E-state index in [1.54, 1.807) is 0 Å². The molecule has 2 atom stereocenters. The Labute approximate surface area is 378 Å². The minimum absolute atomic E-state index is 0.00419. The number of aryl methyl sites for hydroxylation is 2. The summed E-state index contributed by atoms with van der Waals surface area (Å²) in [5.74, 6) is 3.62. The number of hydrazone groups is 1. The molecule has 2 saturated carbocycles. The molecular formula is C50H67N11O3. The highest BCUT2D eigenvalue weighted by Crippen LogP contribution is 2.52. The lowest BCUT2D eigenvalue weighted by Gasteiger charge is -2.60. The molecule has 3 aromatic rings. The molecule has 5 aliphatic heterocycles. The monoisotopic (exact) mass is 870 g/mol. The average Bonchev–Trinajstić information content (AvgIpc) is 3.66. The second-order valence-electron chi connectivity index (χ2n) is 20.1. The van der Waals surface area contributed by atoms with Crippen molar-refractivity contribution in [2.45, 2.75) is 121 Å². The van der Waals surface area contributed by atoms with Gasteiger partial charge in [-0.05, 0) is 144 Å². The number of piperidine rings is 1. The van der Waals surface area contributed by atoms with Gasteiger partial charge in [-0.1, -0.05) is 0 Å². The van der Waals surface area contributed by atoms with Gasteiger partial charge >= 0.3 is 0 Å². The van der Waals surface area contributed by atoms with E-state index in [9.17, 15) is 15.2 Å². The van der Waals surface area contributed by atoms with Crippen LogP contribution in [0.3, 0.4) is 0 Å². The number of fused-ring (bicyclic) bond motifs is 2. The number of nitrogens with zero attached hydrogens (tertiary/aromatic N) is 9. The van der Waals surface area contributed by atoms with Crippen molar-refractivity contribution in [3.63, 3.8) is 0 Å². The van der Waals surface area contributed by atoms with Crippen LogP contribution in [0.4, 0.5) is 17.2 Å². The smallest absolute Gasteiger partial charge is 0.248 e. The summed E-state index contributed by atoms with van der Waals surface area (Å²) in [6, 6.07) is 14.7. The van der Waals surface area contributed by atoms with Crippen LogP contribution in [0.15, 0.2) is 53.7 Å². The molecular weight excluding hydrogens is 803 g/mol. The number of likely N-dealkylation sites (tertiary alicyclic amines) is 2. The second-order valence-corrected chi connectivity index (χ2v) is 20.1. The number of carbonyl (C=O) groups is 1. The number of carbonyl (C=O) groups excluding carboxylic acids is 1. The van der Waals surface area contributed by atoms with Crippen LogP contribution in [0.1, 0.15) is 98.7 Å². The van der Waals surface area contributed by atoms with Crippen LogP contribution in [-0.2, 0) is 24.2 Å². The molecule has 1 amide bonds. The van der Waals surface area contributed by atoms with E-state index in [2.05, 4.69) is 65.3 Å². The van der Waals surface area contributed by atoms with E-state index in [4.69, 9.17) is 14.9 Å². The van der Waals surface area contributed by atoms with E-state index in [-0.39, 0.29) is 18.1 Å². The van der Waals surface area contributed by atoms with E-state index in [0.717, 1.165) is 138 Å². The lowest BCUT2D eigenvalue weighted by molar-refractivity contribution is -0.125. The number of aliphatic hydroxyl groups is 1. The number of likely N-dealkylation sites (N-methyl/N-ethyl adjacent to an activating group) is 1. The third kappa shape index (κ3) is 8.47. The van der Waals surface area contributed by atoms with Gasteiger partial charge in [-0.15, -0.1) is 0 Å². The van der Waals surface area contributed by atoms with E-state index in [1.165, 1.54) is 41.9 Å². The maximum Gasteiger partial charge on any atom is 0.248 e. The zero-order valence-electron chi connectivity index (χ0n) is 38.3. The Morgan fingerprint density at radius 1 is 1.03 bits per heavy atom. The van der Waals surface area contributed by atoms with Gasteiger partial charge in [0.25, 0.3) is 0 Å². The molecule has 7 aliphatic rings. The molecule has 2 aliphatic carbocycles. The Kier molecular flexibility index (Phi) is 11.8. The second kappa shape index (κ2) is 17.7. The molecule has 14 nitrogen and oxygen atoms in total. The predicted octanol–water partition coefficient (Wildman–Crippen LogP) is 5.92. The van der Waals surface area contributed by atoms with Gasteiger partial charge in [-0.2, -0.15) is 15.5 Å². The standard InChI is InChI=1S/C50H67N11O3/c1-33-24-42(11-7-37(33)28-51)64-41-12-8-38(9-13-41)53-49(63)46-15-16-47(54-56(46)4)59-31-50(32-59)26-35(27-50)29-57-21-17-40(18-22-57)61-45-19-23-58(34(2)62)30-43(45)48(55-61)60-20-5-6-36-25-39(52-3)10-14-44(36)60/h7,10-11,14-16,24-25,34-35,38,40-41,46,52,62H,5-6,8-9,12-13,17-23,26-27,29-32H2,1-4H3,(H,53,63). The molecule has 4 fully saturated rings. The van der Waals surface area contributed by atoms with Crippen molar-refractivity contribution in [3.8, 4) is 11.8 Å². The minimum Gasteiger partial charge on any atom is -0.490 e. The van der Waals surface area contributed by atoms with Gasteiger partial charge in [0.15, 0.2) is 5.82 Å². The summed E-state index contributed by atoms with van der Waals surface area (Å²) in [6.45, 7) is 11.9. The van der Waals surface area contributed by atoms with Gasteiger partial charge in [0.1, 0.15) is 23.9 Å². The molecule has 2 aromatic carbocycles. The van der Waals surface area contributed by atoms with Crippen LogP contribution in [0, 0.1) is 29.6 Å². The number of hydrogen-bond donors (Lipinski definition) is 3. The molecule has 1 spiro atoms. The largest absolute Gasteiger partial charge is 0.490 e. The first-order valence-corrected chi connectivity index (χ1v) is 24.1. The van der Waals surface area contributed by atoms with Crippen molar-refractivity contribution in [3.05, 3.63) is 76.5 Å². The first kappa shape index (κ1) is 42.8. The van der Waals surface area contributed by atoms with Gasteiger partial charge in [0.05, 0.1) is 23.8 Å². The lowest BCUT2D eigenvalue weighted by atomic mass is 9.57. The fourth-order valence-corrected chi connectivity index (χ4v) is 12.1. The summed E-state index contributed by atoms with van der Waals surface area (Å²) < 4.78 is 8.64. The Morgan fingerprint density at radius 2 is 1.83 bits per heavy atom. The first-order chi connectivity index (χ1) is 31.0. The molecule has 2 unspecified atom stereocenters. The van der Waals surface area contributed by atoms with E-state index in [1.807, 2.05) is 57.2 Å². The van der Waals surface area contributed by atoms with E-state index < -0.39 is 12.3 Å². The fourth-order valence-electron chi connectivity index (χ4n) is 12.1. The van der Waals surface area contributed by atoms with Crippen molar-refractivity contribution in [2.24, 2.45) is 16.4 Å². The molecule has 1 aromatic heterocycles. The van der Waals surface area contributed by atoms with Gasteiger partial charge in [0.2, 0.25) is 5.91 Å². The number of benzene rings is 2. The zero-order chi connectivity index (χ0) is 44.1. The first-order valence-electron chi connectivity index (χ1n) is 24.1. The number of amides is 1. The third-order valence-corrected chi connectivity index (χ3v) is 15.6. The summed E-state index contributed by atoms with van der Waals surface area (Å²) in [6.07, 6.45) is 15.1. The molecule has 64 heavy (non-hydrogen) atoms. The summed E-state index contributed by atoms with van der Waals surface area (Å²) in [5.41, 5.74) is 8.48. The molecule has 3 N–H and O–H groups in total. The average molecular weight is 870 g/mol. The lowest BCUT2D eigenvalue weighted by Crippen LogP contribution is -2.65. The number of amidine groups is 1. The number of anilines is 3. The molecule has 340 valence electrons. The third-order valence-electron chi connectivity index (χ3n) is 15.6. The SMILES string of the molecule is CNc1ccc2c(c1)CCCN2c1nn(C2CCN(CC3CC4(C3)CN(C3=NN(C)C(C(=O)NC5CCC(Oc6ccc(C#N)c(C)c6)CC5)C=C3)C4)CC2)c2c1CN(C(C)O)CC2. The van der Waals surface area contributed by atoms with Crippen LogP contribution >= 0.6 is 0 Å². The molecule has 0 radical (unpaired) electrons. The molecule has 14 heteroatoms. The van der Waals surface area contributed by atoms with Crippen LogP contribution in [0.25, 0.3) is 0 Å². The van der Waals surface area contributed by atoms with Crippen molar-refractivity contribution in [2.75, 3.05) is 70.1 Å². The highest BCUT2D eigenvalue weighted by Gasteiger charge is 2.53. The summed E-state index contributed by atoms with van der Waals surface area (Å²) in [7, 11) is 3.90. The number of nitriles is 1. The molecule has 10 rings (SSSR count). The van der Waals surface area contributed by atoms with E-state index in [0.29, 0.717) is 17.0 Å². The Balaban J connectivity index is 0.674. The summed E-state index contributed by atoms with van der Waals surface area (Å²) >= 11 is 0. The van der Waals surface area contributed by atoms with Crippen LogP contribution in [0.2, 0.25) is 0 Å². The number of nitrogens with one attached hydrogen (secondary N) is 2. The number of hydrogen-bond acceptors (Lipinski definition) is 12. The fraction of sp³-hybridized carbons (Fsp3) is 0.600. The maximum absolute atomic E-state index is 13.4. The highest BCUT2D eigenvalue weighted by molar-refractivity contribution is 5.96. The van der Waals surface area contributed by atoms with Crippen molar-refractivity contribution < 1.29 is 14.6 Å². The Bertz CT molecular complexity index is 2300. The van der Waals surface area contributed by atoms with Gasteiger partial charge in [-0.3, -0.25) is 19.4 Å². The Morgan fingerprint density at radius 3 is 2.55 bits per heavy atom. The van der Waals surface area contributed by atoms with Crippen LogP contribution in [-0.4, -0.2) is 131 Å². The molecule has 2 saturated heterocycles. The molecule has 6 heterocycles. The van der Waals surface area contributed by atoms with Crippen molar-refractivity contribution >= 4 is 28.9 Å². The predicted molar refractivity (Wildman–Crippen MR) is 250 cm³/mol. The summed E-state index contributed by atoms with van der Waals surface area (Å²) in [4.78, 5) is 23.1. The topological polar surface area (TPSA) is 141 Å². The quantitative estimate of drug-likeness (QED) is 0.224. The van der Waals surface area contributed by atoms with Gasteiger partial charge < -0.3 is 35.2 Å². The normalized spacial score (nSPS) is 25.4. The molecule has 0 bridgehead atoms. The number of rotatable bonds is 10. The zero-order valence-corrected chi connectivity index (χ0v) is 38.3. The van der Waals surface area contributed by atoms with Crippen LogP contribution in [0.5, 0.6) is 5.75 Å². The Hall–Kier alpha value is -5.10. The van der Waals surface area contributed by atoms with Gasteiger partial charge in [0, 0.05) is 107 Å². The number of aromatic nitrogens is 2.